The third-order valence-electron chi connectivity index (χ3n) is 4.94. The van der Waals surface area contributed by atoms with Crippen molar-refractivity contribution in [2.45, 2.75) is 26.3 Å². The van der Waals surface area contributed by atoms with Gasteiger partial charge < -0.3 is 15.3 Å². The van der Waals surface area contributed by atoms with E-state index >= 15 is 0 Å². The maximum atomic E-state index is 12.8. The highest BCUT2D eigenvalue weighted by Gasteiger charge is 2.42. The second-order valence-corrected chi connectivity index (χ2v) is 7.09. The van der Waals surface area contributed by atoms with Crippen LogP contribution in [0.4, 0.5) is 4.79 Å². The van der Waals surface area contributed by atoms with E-state index in [4.69, 9.17) is 0 Å². The number of urea groups is 1. The van der Waals surface area contributed by atoms with Gasteiger partial charge in [-0.2, -0.15) is 0 Å². The van der Waals surface area contributed by atoms with Crippen LogP contribution in [0.2, 0.25) is 0 Å². The Balaban J connectivity index is 1.81. The van der Waals surface area contributed by atoms with Crippen LogP contribution in [-0.2, 0) is 4.79 Å². The first-order valence-corrected chi connectivity index (χ1v) is 8.65. The van der Waals surface area contributed by atoms with Crippen LogP contribution in [0.3, 0.4) is 0 Å². The Morgan fingerprint density at radius 3 is 2.54 bits per heavy atom. The first-order chi connectivity index (χ1) is 12.4. The number of carboxylic acid groups (broad SMARTS) is 1. The number of carbonyl (C=O) groups is 2. The van der Waals surface area contributed by atoms with E-state index in [1.54, 1.807) is 18.0 Å². The number of amides is 2. The minimum Gasteiger partial charge on any atom is -0.481 e. The van der Waals surface area contributed by atoms with Crippen molar-refractivity contribution in [3.05, 3.63) is 65.5 Å². The largest absolute Gasteiger partial charge is 0.481 e. The Labute approximate surface area is 152 Å². The second-order valence-electron chi connectivity index (χ2n) is 7.09. The number of aryl methyl sites for hydroxylation is 1. The third-order valence-corrected chi connectivity index (χ3v) is 4.94. The van der Waals surface area contributed by atoms with E-state index in [1.165, 1.54) is 0 Å². The SMILES string of the molecule is Cc1ccc(C(NC(=O)N2CCC(C)(C(=O)O)C2)c2ccccn2)cc1. The molecule has 2 heterocycles. The van der Waals surface area contributed by atoms with Crippen LogP contribution in [0.15, 0.2) is 48.7 Å². The highest BCUT2D eigenvalue weighted by Crippen LogP contribution is 2.30. The maximum absolute atomic E-state index is 12.8. The van der Waals surface area contributed by atoms with E-state index in [-0.39, 0.29) is 18.6 Å². The molecule has 1 fully saturated rings. The molecule has 6 nitrogen and oxygen atoms in total. The number of nitrogens with zero attached hydrogens (tertiary/aromatic N) is 2. The van der Waals surface area contributed by atoms with E-state index in [0.29, 0.717) is 13.0 Å². The molecule has 1 saturated heterocycles. The number of pyridine rings is 1. The van der Waals surface area contributed by atoms with Crippen LogP contribution in [0, 0.1) is 12.3 Å². The molecule has 2 unspecified atom stereocenters. The van der Waals surface area contributed by atoms with E-state index in [1.807, 2.05) is 49.4 Å². The van der Waals surface area contributed by atoms with Gasteiger partial charge in [0.1, 0.15) is 0 Å². The van der Waals surface area contributed by atoms with Gasteiger partial charge in [0.15, 0.2) is 0 Å². The Bertz CT molecular complexity index is 792. The van der Waals surface area contributed by atoms with Crippen LogP contribution in [0.1, 0.15) is 36.2 Å². The predicted molar refractivity (Wildman–Crippen MR) is 97.7 cm³/mol. The summed E-state index contributed by atoms with van der Waals surface area (Å²) in [5.41, 5.74) is 1.92. The van der Waals surface area contributed by atoms with Crippen molar-refractivity contribution >= 4 is 12.0 Å². The van der Waals surface area contributed by atoms with Gasteiger partial charge >= 0.3 is 12.0 Å². The van der Waals surface area contributed by atoms with Crippen molar-refractivity contribution in [3.63, 3.8) is 0 Å². The molecule has 0 radical (unpaired) electrons. The molecule has 2 atom stereocenters. The fourth-order valence-corrected chi connectivity index (χ4v) is 3.16. The number of carboxylic acids is 1. The Morgan fingerprint density at radius 1 is 1.23 bits per heavy atom. The topological polar surface area (TPSA) is 82.5 Å². The molecule has 1 aliphatic heterocycles. The van der Waals surface area contributed by atoms with Crippen molar-refractivity contribution in [2.75, 3.05) is 13.1 Å². The molecule has 6 heteroatoms. The number of aliphatic carboxylic acids is 1. The smallest absolute Gasteiger partial charge is 0.318 e. The Morgan fingerprint density at radius 2 is 1.96 bits per heavy atom. The summed E-state index contributed by atoms with van der Waals surface area (Å²) in [6.07, 6.45) is 2.15. The quantitative estimate of drug-likeness (QED) is 0.885. The molecule has 1 aromatic heterocycles. The fraction of sp³-hybridized carbons (Fsp3) is 0.350. The van der Waals surface area contributed by atoms with Gasteiger partial charge in [-0.05, 0) is 38.0 Å². The number of carbonyl (C=O) groups excluding carboxylic acids is 1. The van der Waals surface area contributed by atoms with Crippen molar-refractivity contribution in [3.8, 4) is 0 Å². The molecule has 26 heavy (non-hydrogen) atoms. The molecule has 1 aromatic carbocycles. The number of likely N-dealkylation sites (tertiary alicyclic amines) is 1. The molecule has 0 spiro atoms. The summed E-state index contributed by atoms with van der Waals surface area (Å²) in [7, 11) is 0. The first-order valence-electron chi connectivity index (χ1n) is 8.65. The molecule has 2 amide bonds. The van der Waals surface area contributed by atoms with E-state index in [2.05, 4.69) is 10.3 Å². The van der Waals surface area contributed by atoms with Crippen molar-refractivity contribution < 1.29 is 14.7 Å². The lowest BCUT2D eigenvalue weighted by Gasteiger charge is -2.25. The molecular formula is C20H23N3O3. The minimum absolute atomic E-state index is 0.205. The number of rotatable bonds is 4. The van der Waals surface area contributed by atoms with E-state index in [0.717, 1.165) is 16.8 Å². The zero-order valence-electron chi connectivity index (χ0n) is 15.0. The zero-order valence-corrected chi connectivity index (χ0v) is 15.0. The van der Waals surface area contributed by atoms with Gasteiger partial charge in [0.2, 0.25) is 0 Å². The van der Waals surface area contributed by atoms with Gasteiger partial charge in [0.25, 0.3) is 0 Å². The third kappa shape index (κ3) is 3.69. The van der Waals surface area contributed by atoms with Crippen LogP contribution in [-0.4, -0.2) is 40.1 Å². The van der Waals surface area contributed by atoms with E-state index < -0.39 is 11.4 Å². The number of hydrogen-bond acceptors (Lipinski definition) is 3. The monoisotopic (exact) mass is 353 g/mol. The van der Waals surface area contributed by atoms with Crippen molar-refractivity contribution in [2.24, 2.45) is 5.41 Å². The van der Waals surface area contributed by atoms with Gasteiger partial charge in [-0.1, -0.05) is 35.9 Å². The standard InChI is InChI=1S/C20H23N3O3/c1-14-6-8-15(9-7-14)17(16-5-3-4-11-21-16)22-19(26)23-12-10-20(2,13-23)18(24)25/h3-9,11,17H,10,12-13H2,1-2H3,(H,22,26)(H,24,25). The normalized spacial score (nSPS) is 20.6. The number of aromatic nitrogens is 1. The molecule has 1 aliphatic rings. The Hall–Kier alpha value is -2.89. The van der Waals surface area contributed by atoms with Crippen LogP contribution >= 0.6 is 0 Å². The van der Waals surface area contributed by atoms with Gasteiger partial charge in [0, 0.05) is 19.3 Å². The molecule has 0 aliphatic carbocycles. The summed E-state index contributed by atoms with van der Waals surface area (Å²) in [5.74, 6) is -0.868. The maximum Gasteiger partial charge on any atom is 0.318 e. The summed E-state index contributed by atoms with van der Waals surface area (Å²) < 4.78 is 0. The number of benzene rings is 1. The molecule has 3 rings (SSSR count). The molecule has 2 aromatic rings. The first kappa shape index (κ1) is 17.9. The molecule has 136 valence electrons. The van der Waals surface area contributed by atoms with Crippen molar-refractivity contribution in [1.82, 2.24) is 15.2 Å². The van der Waals surface area contributed by atoms with Gasteiger partial charge in [0.05, 0.1) is 17.2 Å². The lowest BCUT2D eigenvalue weighted by atomic mass is 9.90. The van der Waals surface area contributed by atoms with E-state index in [9.17, 15) is 14.7 Å². The number of hydrogen-bond donors (Lipinski definition) is 2. The summed E-state index contributed by atoms with van der Waals surface area (Å²) in [5, 5.41) is 12.4. The van der Waals surface area contributed by atoms with Crippen LogP contribution in [0.25, 0.3) is 0 Å². The second kappa shape index (κ2) is 7.15. The highest BCUT2D eigenvalue weighted by molar-refractivity contribution is 5.80. The van der Waals surface area contributed by atoms with Crippen molar-refractivity contribution in [1.29, 1.82) is 0 Å². The fourth-order valence-electron chi connectivity index (χ4n) is 3.16. The summed E-state index contributed by atoms with van der Waals surface area (Å²) in [6.45, 7) is 4.32. The summed E-state index contributed by atoms with van der Waals surface area (Å²) in [4.78, 5) is 30.1. The average Bonchev–Trinajstić information content (AvgIpc) is 3.05. The summed E-state index contributed by atoms with van der Waals surface area (Å²) in [6, 6.07) is 12.9. The van der Waals surface area contributed by atoms with Gasteiger partial charge in [-0.3, -0.25) is 9.78 Å². The molecule has 2 N–H and O–H groups in total. The van der Waals surface area contributed by atoms with Gasteiger partial charge in [-0.15, -0.1) is 0 Å². The summed E-state index contributed by atoms with van der Waals surface area (Å²) >= 11 is 0. The highest BCUT2D eigenvalue weighted by atomic mass is 16.4. The van der Waals surface area contributed by atoms with Gasteiger partial charge in [-0.25, -0.2) is 4.79 Å². The minimum atomic E-state index is -0.887. The molecule has 0 saturated carbocycles. The van der Waals surface area contributed by atoms with Crippen LogP contribution < -0.4 is 5.32 Å². The average molecular weight is 353 g/mol. The lowest BCUT2D eigenvalue weighted by molar-refractivity contribution is -0.147. The predicted octanol–water partition coefficient (Wildman–Crippen LogP) is 2.99. The molecular weight excluding hydrogens is 330 g/mol. The zero-order chi connectivity index (χ0) is 18.7. The van der Waals surface area contributed by atoms with Crippen LogP contribution in [0.5, 0.6) is 0 Å². The molecule has 0 bridgehead atoms. The lowest BCUT2D eigenvalue weighted by Crippen LogP contribution is -2.42. The Kier molecular flexibility index (Phi) is 4.93. The number of nitrogens with one attached hydrogen (secondary N) is 1.